The molecule has 18 heavy (non-hydrogen) atoms. The van der Waals surface area contributed by atoms with Gasteiger partial charge in [-0.05, 0) is 37.4 Å². The highest BCUT2D eigenvalue weighted by Gasteiger charge is 2.17. The molecule has 0 heterocycles. The zero-order chi connectivity index (χ0) is 13.5. The van der Waals surface area contributed by atoms with E-state index in [1.807, 2.05) is 12.1 Å². The van der Waals surface area contributed by atoms with Gasteiger partial charge < -0.3 is 10.1 Å². The van der Waals surface area contributed by atoms with Gasteiger partial charge >= 0.3 is 0 Å². The monoisotopic (exact) mass is 269 g/mol. The van der Waals surface area contributed by atoms with Crippen LogP contribution in [0.15, 0.2) is 18.2 Å². The molecule has 1 N–H and O–H groups in total. The number of ether oxygens (including phenoxy) is 1. The lowest BCUT2D eigenvalue weighted by atomic mass is 9.96. The number of rotatable bonds is 7. The molecule has 0 bridgehead atoms. The van der Waals surface area contributed by atoms with Gasteiger partial charge in [-0.1, -0.05) is 38.4 Å². The minimum Gasteiger partial charge on any atom is -0.496 e. The summed E-state index contributed by atoms with van der Waals surface area (Å²) < 4.78 is 5.44. The van der Waals surface area contributed by atoms with Crippen LogP contribution < -0.4 is 10.1 Å². The van der Waals surface area contributed by atoms with Crippen molar-refractivity contribution in [3.8, 4) is 5.75 Å². The number of hydrogen-bond donors (Lipinski definition) is 1. The predicted molar refractivity (Wildman–Crippen MR) is 78.5 cm³/mol. The fourth-order valence-electron chi connectivity index (χ4n) is 2.08. The third-order valence-corrected chi connectivity index (χ3v) is 3.15. The predicted octanol–water partition coefficient (Wildman–Crippen LogP) is 4.44. The van der Waals surface area contributed by atoms with Crippen LogP contribution in [0.1, 0.15) is 45.2 Å². The smallest absolute Gasteiger partial charge is 0.125 e. The van der Waals surface area contributed by atoms with Crippen LogP contribution in [0.25, 0.3) is 0 Å². The van der Waals surface area contributed by atoms with Crippen molar-refractivity contribution in [2.45, 2.75) is 39.7 Å². The van der Waals surface area contributed by atoms with Crippen LogP contribution in [0.4, 0.5) is 0 Å². The van der Waals surface area contributed by atoms with Crippen LogP contribution in [-0.2, 0) is 0 Å². The first-order chi connectivity index (χ1) is 8.58. The Kier molecular flexibility index (Phi) is 6.51. The van der Waals surface area contributed by atoms with Gasteiger partial charge in [-0.15, -0.1) is 0 Å². The fraction of sp³-hybridized carbons (Fsp3) is 0.600. The molecule has 0 saturated heterocycles. The van der Waals surface area contributed by atoms with E-state index >= 15 is 0 Å². The van der Waals surface area contributed by atoms with E-state index in [0.29, 0.717) is 12.0 Å². The largest absolute Gasteiger partial charge is 0.496 e. The molecule has 1 unspecified atom stereocenters. The third-order valence-electron chi connectivity index (χ3n) is 2.92. The van der Waals surface area contributed by atoms with Gasteiger partial charge in [0.05, 0.1) is 7.11 Å². The van der Waals surface area contributed by atoms with Gasteiger partial charge in [-0.2, -0.15) is 0 Å². The molecule has 0 aliphatic rings. The first-order valence-corrected chi connectivity index (χ1v) is 7.03. The second kappa shape index (κ2) is 7.65. The molecule has 0 saturated carbocycles. The average Bonchev–Trinajstić information content (AvgIpc) is 2.34. The summed E-state index contributed by atoms with van der Waals surface area (Å²) in [4.78, 5) is 0. The molecular weight excluding hydrogens is 246 g/mol. The summed E-state index contributed by atoms with van der Waals surface area (Å²) in [5.74, 6) is 1.51. The van der Waals surface area contributed by atoms with Crippen molar-refractivity contribution in [1.29, 1.82) is 0 Å². The van der Waals surface area contributed by atoms with E-state index in [-0.39, 0.29) is 0 Å². The van der Waals surface area contributed by atoms with Gasteiger partial charge in [0, 0.05) is 16.6 Å². The summed E-state index contributed by atoms with van der Waals surface area (Å²) >= 11 is 6.01. The number of methoxy groups -OCH3 is 1. The van der Waals surface area contributed by atoms with Gasteiger partial charge in [-0.25, -0.2) is 0 Å². The maximum Gasteiger partial charge on any atom is 0.125 e. The molecule has 0 spiro atoms. The van der Waals surface area contributed by atoms with E-state index in [1.165, 1.54) is 5.56 Å². The minimum atomic E-state index is 0.331. The lowest BCUT2D eigenvalue weighted by Crippen LogP contribution is -2.24. The van der Waals surface area contributed by atoms with E-state index in [2.05, 4.69) is 32.2 Å². The van der Waals surface area contributed by atoms with E-state index in [0.717, 1.165) is 30.2 Å². The molecule has 0 fully saturated rings. The Hall–Kier alpha value is -0.730. The van der Waals surface area contributed by atoms with Crippen molar-refractivity contribution in [3.05, 3.63) is 28.8 Å². The molecule has 3 heteroatoms. The molecule has 0 aliphatic heterocycles. The number of benzene rings is 1. The molecule has 0 aromatic heterocycles. The molecule has 0 aliphatic carbocycles. The number of hydrogen-bond acceptors (Lipinski definition) is 2. The zero-order valence-electron chi connectivity index (χ0n) is 11.8. The summed E-state index contributed by atoms with van der Waals surface area (Å²) in [6.07, 6.45) is 2.22. The topological polar surface area (TPSA) is 21.3 Å². The highest BCUT2D eigenvalue weighted by Crippen LogP contribution is 2.31. The van der Waals surface area contributed by atoms with Crippen LogP contribution in [-0.4, -0.2) is 13.7 Å². The average molecular weight is 270 g/mol. The van der Waals surface area contributed by atoms with Crippen LogP contribution in [0.3, 0.4) is 0 Å². The van der Waals surface area contributed by atoms with Gasteiger partial charge in [0.25, 0.3) is 0 Å². The molecular formula is C15H24ClNO. The van der Waals surface area contributed by atoms with Crippen LogP contribution in [0, 0.1) is 5.92 Å². The molecule has 1 aromatic rings. The van der Waals surface area contributed by atoms with Crippen molar-refractivity contribution in [2.75, 3.05) is 13.7 Å². The molecule has 0 amide bonds. The Morgan fingerprint density at radius 3 is 2.61 bits per heavy atom. The summed E-state index contributed by atoms with van der Waals surface area (Å²) in [7, 11) is 1.70. The Morgan fingerprint density at radius 1 is 1.33 bits per heavy atom. The molecule has 0 radical (unpaired) electrons. The van der Waals surface area contributed by atoms with E-state index in [1.54, 1.807) is 7.11 Å². The fourth-order valence-corrected chi connectivity index (χ4v) is 2.25. The van der Waals surface area contributed by atoms with Crippen molar-refractivity contribution in [3.63, 3.8) is 0 Å². The van der Waals surface area contributed by atoms with Crippen LogP contribution in [0.5, 0.6) is 5.75 Å². The van der Waals surface area contributed by atoms with E-state index in [9.17, 15) is 0 Å². The summed E-state index contributed by atoms with van der Waals surface area (Å²) in [6.45, 7) is 7.67. The first-order valence-electron chi connectivity index (χ1n) is 6.65. The lowest BCUT2D eigenvalue weighted by molar-refractivity contribution is 0.381. The van der Waals surface area contributed by atoms with Gasteiger partial charge in [0.2, 0.25) is 0 Å². The van der Waals surface area contributed by atoms with Gasteiger partial charge in [-0.3, -0.25) is 0 Å². The molecule has 102 valence electrons. The van der Waals surface area contributed by atoms with Crippen molar-refractivity contribution in [1.82, 2.24) is 5.32 Å². The number of halogens is 1. The normalized spacial score (nSPS) is 12.8. The minimum absolute atomic E-state index is 0.331. The van der Waals surface area contributed by atoms with E-state index in [4.69, 9.17) is 16.3 Å². The Bertz CT molecular complexity index is 366. The van der Waals surface area contributed by atoms with Crippen LogP contribution in [0.2, 0.25) is 5.02 Å². The highest BCUT2D eigenvalue weighted by atomic mass is 35.5. The maximum absolute atomic E-state index is 6.01. The summed E-state index contributed by atoms with van der Waals surface area (Å²) in [5, 5.41) is 4.31. The lowest BCUT2D eigenvalue weighted by Gasteiger charge is -2.23. The molecule has 1 aromatic carbocycles. The van der Waals surface area contributed by atoms with Crippen molar-refractivity contribution < 1.29 is 4.74 Å². The standard InChI is InChI=1S/C15H24ClNO/c1-5-8-17-14(9-11(2)3)13-7-6-12(16)10-15(13)18-4/h6-7,10-11,14,17H,5,8-9H2,1-4H3. The highest BCUT2D eigenvalue weighted by molar-refractivity contribution is 6.30. The summed E-state index contributed by atoms with van der Waals surface area (Å²) in [6, 6.07) is 6.21. The maximum atomic E-state index is 6.01. The quantitative estimate of drug-likeness (QED) is 0.790. The van der Waals surface area contributed by atoms with Crippen molar-refractivity contribution >= 4 is 11.6 Å². The van der Waals surface area contributed by atoms with E-state index < -0.39 is 0 Å². The Morgan fingerprint density at radius 2 is 2.06 bits per heavy atom. The molecule has 1 rings (SSSR count). The molecule has 1 atom stereocenters. The Balaban J connectivity index is 2.95. The second-order valence-electron chi connectivity index (χ2n) is 5.02. The zero-order valence-corrected chi connectivity index (χ0v) is 12.6. The van der Waals surface area contributed by atoms with Crippen LogP contribution >= 0.6 is 11.6 Å². The van der Waals surface area contributed by atoms with Gasteiger partial charge in [0.1, 0.15) is 5.75 Å². The first kappa shape index (κ1) is 15.3. The third kappa shape index (κ3) is 4.51. The van der Waals surface area contributed by atoms with Crippen molar-refractivity contribution in [2.24, 2.45) is 5.92 Å². The SMILES string of the molecule is CCCNC(CC(C)C)c1ccc(Cl)cc1OC. The number of nitrogens with one attached hydrogen (secondary N) is 1. The summed E-state index contributed by atoms with van der Waals surface area (Å²) in [5.41, 5.74) is 1.20. The molecule has 2 nitrogen and oxygen atoms in total. The second-order valence-corrected chi connectivity index (χ2v) is 5.46. The van der Waals surface area contributed by atoms with Gasteiger partial charge in [0.15, 0.2) is 0 Å². The Labute approximate surface area is 116 Å².